The van der Waals surface area contributed by atoms with E-state index in [0.29, 0.717) is 45.9 Å². The topological polar surface area (TPSA) is 107 Å². The van der Waals surface area contributed by atoms with Crippen molar-refractivity contribution in [3.63, 3.8) is 0 Å². The van der Waals surface area contributed by atoms with Gasteiger partial charge < -0.3 is 19.8 Å². The van der Waals surface area contributed by atoms with Crippen LogP contribution >= 0.6 is 11.6 Å². The third-order valence-electron chi connectivity index (χ3n) is 6.51. The van der Waals surface area contributed by atoms with Crippen molar-refractivity contribution in [1.82, 2.24) is 19.9 Å². The first-order valence-corrected chi connectivity index (χ1v) is 11.9. The zero-order valence-electron chi connectivity index (χ0n) is 19.5. The molecule has 0 saturated heterocycles. The second-order valence-electron chi connectivity index (χ2n) is 8.75. The van der Waals surface area contributed by atoms with Gasteiger partial charge in [0, 0.05) is 23.0 Å². The summed E-state index contributed by atoms with van der Waals surface area (Å²) in [7, 11) is 0. The molecule has 2 atom stereocenters. The fourth-order valence-electron chi connectivity index (χ4n) is 4.87. The molecule has 10 heteroatoms. The Morgan fingerprint density at radius 1 is 1.14 bits per heavy atom. The number of H-pyrrole nitrogens is 1. The number of carbonyl (C=O) groups is 1. The molecule has 3 N–H and O–H groups in total. The minimum atomic E-state index is -1.87. The molecule has 0 fully saturated rings. The van der Waals surface area contributed by atoms with Crippen LogP contribution in [0.2, 0.25) is 5.02 Å². The molecule has 37 heavy (non-hydrogen) atoms. The molecule has 0 bridgehead atoms. The highest BCUT2D eigenvalue weighted by Crippen LogP contribution is 2.51. The number of aryl methyl sites for hydroxylation is 1. The number of aromatic amines is 1. The molecule has 0 spiro atoms. The van der Waals surface area contributed by atoms with E-state index in [4.69, 9.17) is 11.6 Å². The summed E-state index contributed by atoms with van der Waals surface area (Å²) in [5.41, 5.74) is 1.63. The summed E-state index contributed by atoms with van der Waals surface area (Å²) in [6.07, 6.45) is 2.33. The number of nitrogens with zero attached hydrogens (tertiary/aromatic N) is 4. The smallest absolute Gasteiger partial charge is 0.229 e. The van der Waals surface area contributed by atoms with E-state index < -0.39 is 17.6 Å². The molecule has 3 heterocycles. The Kier molecular flexibility index (Phi) is 5.40. The maximum atomic E-state index is 15.3. The van der Waals surface area contributed by atoms with Crippen molar-refractivity contribution in [1.29, 1.82) is 0 Å². The molecule has 0 aliphatic carbocycles. The molecule has 2 aromatic heterocycles. The van der Waals surface area contributed by atoms with Gasteiger partial charge in [-0.1, -0.05) is 48.0 Å². The largest absolute Gasteiger partial charge is 0.363 e. The van der Waals surface area contributed by atoms with Crippen molar-refractivity contribution in [2.75, 3.05) is 10.2 Å². The predicted octanol–water partition coefficient (Wildman–Crippen LogP) is 5.15. The monoisotopic (exact) mass is 514 g/mol. The minimum Gasteiger partial charge on any atom is -0.363 e. The summed E-state index contributed by atoms with van der Waals surface area (Å²) in [5, 5.41) is 15.3. The number of rotatable bonds is 5. The highest BCUT2D eigenvalue weighted by Gasteiger charge is 2.51. The van der Waals surface area contributed by atoms with Crippen LogP contribution in [-0.2, 0) is 10.5 Å². The van der Waals surface area contributed by atoms with Crippen molar-refractivity contribution < 1.29 is 14.3 Å². The van der Waals surface area contributed by atoms with Gasteiger partial charge in [0.1, 0.15) is 12.3 Å². The van der Waals surface area contributed by atoms with Gasteiger partial charge in [0.25, 0.3) is 0 Å². The molecular formula is C27H20ClFN6O2. The fourth-order valence-corrected chi connectivity index (χ4v) is 5.04. The molecule has 5 aromatic rings. The van der Waals surface area contributed by atoms with Gasteiger partial charge in [-0.2, -0.15) is 0 Å². The number of aliphatic hydroxyl groups is 1. The van der Waals surface area contributed by atoms with E-state index in [1.807, 2.05) is 6.92 Å². The summed E-state index contributed by atoms with van der Waals surface area (Å²) < 4.78 is 15.3. The van der Waals surface area contributed by atoms with Crippen LogP contribution < -0.4 is 10.2 Å². The van der Waals surface area contributed by atoms with Crippen LogP contribution in [0.5, 0.6) is 0 Å². The van der Waals surface area contributed by atoms with Gasteiger partial charge in [0.05, 0.1) is 21.7 Å². The zero-order valence-corrected chi connectivity index (χ0v) is 20.2. The molecule has 184 valence electrons. The molecule has 2 unspecified atom stereocenters. The quantitative estimate of drug-likeness (QED) is 0.278. The van der Waals surface area contributed by atoms with E-state index in [1.54, 1.807) is 60.8 Å². The Morgan fingerprint density at radius 2 is 1.97 bits per heavy atom. The van der Waals surface area contributed by atoms with Gasteiger partial charge in [-0.3, -0.25) is 5.32 Å². The average molecular weight is 515 g/mol. The molecule has 0 saturated carbocycles. The number of fused-ring (bicyclic) bond motifs is 2. The van der Waals surface area contributed by atoms with Crippen LogP contribution in [0.3, 0.4) is 0 Å². The number of hydrogen-bond acceptors (Lipinski definition) is 7. The van der Waals surface area contributed by atoms with E-state index in [9.17, 15) is 9.90 Å². The highest BCUT2D eigenvalue weighted by molar-refractivity contribution is 6.31. The van der Waals surface area contributed by atoms with Crippen molar-refractivity contribution in [3.05, 3.63) is 106 Å². The first-order chi connectivity index (χ1) is 17.9. The number of nitrogens with one attached hydrogen (secondary N) is 2. The molecule has 6 rings (SSSR count). The molecule has 0 amide bonds. The van der Waals surface area contributed by atoms with Crippen molar-refractivity contribution in [3.8, 4) is 0 Å². The van der Waals surface area contributed by atoms with Gasteiger partial charge in [-0.05, 0) is 42.8 Å². The number of imidazole rings is 1. The standard InChI is InChI=1S/C27H20ClFN6O2/c1-15-11-12-30-25(31-15)34-26-32-20-10-9-16(13-21(20)33-26)27(37)18-6-3-2-5-17(18)23(14-36)35(27)22-8-4-7-19(28)24(22)29/h2-14,23,37H,1H3,(H2,30,31,32,33,34). The van der Waals surface area contributed by atoms with E-state index in [1.165, 1.54) is 17.0 Å². The molecular weight excluding hydrogens is 495 g/mol. The lowest BCUT2D eigenvalue weighted by molar-refractivity contribution is -0.109. The Hall–Kier alpha value is -4.34. The summed E-state index contributed by atoms with van der Waals surface area (Å²) in [6, 6.07) is 17.5. The van der Waals surface area contributed by atoms with Gasteiger partial charge >= 0.3 is 0 Å². The molecule has 1 aliphatic rings. The lowest BCUT2D eigenvalue weighted by Crippen LogP contribution is -2.44. The number of benzene rings is 3. The molecule has 3 aromatic carbocycles. The fraction of sp³-hybridized carbons (Fsp3) is 0.111. The van der Waals surface area contributed by atoms with Crippen molar-refractivity contribution in [2.45, 2.75) is 18.7 Å². The first-order valence-electron chi connectivity index (χ1n) is 11.5. The van der Waals surface area contributed by atoms with Crippen LogP contribution in [0, 0.1) is 12.7 Å². The maximum absolute atomic E-state index is 15.3. The average Bonchev–Trinajstić information content (AvgIpc) is 3.41. The van der Waals surface area contributed by atoms with Crippen LogP contribution in [0.4, 0.5) is 22.0 Å². The number of halogens is 2. The van der Waals surface area contributed by atoms with Crippen molar-refractivity contribution in [2.24, 2.45) is 0 Å². The third kappa shape index (κ3) is 3.62. The molecule has 0 radical (unpaired) electrons. The van der Waals surface area contributed by atoms with E-state index in [-0.39, 0.29) is 10.7 Å². The first kappa shape index (κ1) is 23.1. The zero-order chi connectivity index (χ0) is 25.7. The van der Waals surface area contributed by atoms with E-state index in [2.05, 4.69) is 25.3 Å². The van der Waals surface area contributed by atoms with Gasteiger partial charge in [0.2, 0.25) is 11.9 Å². The Labute approximate surface area is 215 Å². The van der Waals surface area contributed by atoms with Crippen LogP contribution in [0.1, 0.15) is 28.4 Å². The SMILES string of the molecule is Cc1ccnc(Nc2nc3ccc(C4(O)c5ccccc5C(C=O)N4c4cccc(Cl)c4F)cc3[nH]2)n1. The summed E-state index contributed by atoms with van der Waals surface area (Å²) in [4.78, 5) is 29.9. The second-order valence-corrected chi connectivity index (χ2v) is 9.15. The second kappa shape index (κ2) is 8.65. The summed E-state index contributed by atoms with van der Waals surface area (Å²) >= 11 is 6.09. The lowest BCUT2D eigenvalue weighted by atomic mass is 9.93. The van der Waals surface area contributed by atoms with E-state index >= 15 is 4.39 Å². The highest BCUT2D eigenvalue weighted by atomic mass is 35.5. The van der Waals surface area contributed by atoms with Crippen LogP contribution in [0.15, 0.2) is 72.9 Å². The number of hydrogen-bond donors (Lipinski definition) is 3. The third-order valence-corrected chi connectivity index (χ3v) is 6.80. The van der Waals surface area contributed by atoms with Crippen LogP contribution in [0.25, 0.3) is 11.0 Å². The maximum Gasteiger partial charge on any atom is 0.229 e. The summed E-state index contributed by atoms with van der Waals surface area (Å²) in [6.45, 7) is 1.86. The van der Waals surface area contributed by atoms with Crippen LogP contribution in [-0.4, -0.2) is 31.3 Å². The number of carbonyl (C=O) groups excluding carboxylic acids is 1. The van der Waals surface area contributed by atoms with Gasteiger partial charge in [0.15, 0.2) is 11.5 Å². The molecule has 8 nitrogen and oxygen atoms in total. The number of anilines is 3. The van der Waals surface area contributed by atoms with Gasteiger partial charge in [-0.15, -0.1) is 0 Å². The normalized spacial score (nSPS) is 18.7. The number of aromatic nitrogens is 4. The Bertz CT molecular complexity index is 1670. The minimum absolute atomic E-state index is 0.00644. The van der Waals surface area contributed by atoms with Gasteiger partial charge in [-0.25, -0.2) is 19.3 Å². The Balaban J connectivity index is 1.50. The Morgan fingerprint density at radius 3 is 2.78 bits per heavy atom. The van der Waals surface area contributed by atoms with E-state index in [0.717, 1.165) is 5.69 Å². The summed E-state index contributed by atoms with van der Waals surface area (Å²) in [5.74, 6) is 0.0774. The predicted molar refractivity (Wildman–Crippen MR) is 138 cm³/mol. The van der Waals surface area contributed by atoms with Crippen molar-refractivity contribution >= 4 is 46.5 Å². The lowest BCUT2D eigenvalue weighted by Gasteiger charge is -2.38. The number of aldehydes is 1. The molecule has 1 aliphatic heterocycles.